The largest absolute Gasteiger partial charge is 0.480 e. The normalized spacial score (nSPS) is 11.3. The summed E-state index contributed by atoms with van der Waals surface area (Å²) >= 11 is 0. The van der Waals surface area contributed by atoms with Crippen molar-refractivity contribution in [1.29, 1.82) is 0 Å². The fourth-order valence-corrected chi connectivity index (χ4v) is 4.28. The number of hydrogen-bond acceptors (Lipinski definition) is 3. The Kier molecular flexibility index (Phi) is 8.12. The molecule has 0 radical (unpaired) electrons. The zero-order valence-corrected chi connectivity index (χ0v) is 18.6. The zero-order chi connectivity index (χ0) is 21.4. The molecule has 1 N–H and O–H groups in total. The van der Waals surface area contributed by atoms with E-state index in [4.69, 9.17) is 0 Å². The highest BCUT2D eigenvalue weighted by Crippen LogP contribution is 2.39. The van der Waals surface area contributed by atoms with Gasteiger partial charge in [0, 0.05) is 37.6 Å². The molecule has 2 aromatic carbocycles. The number of nitrogens with zero attached hydrogens (tertiary/aromatic N) is 2. The van der Waals surface area contributed by atoms with Crippen molar-refractivity contribution in [1.82, 2.24) is 0 Å². The van der Waals surface area contributed by atoms with E-state index < -0.39 is 11.4 Å². The Balaban J connectivity index is 2.53. The maximum atomic E-state index is 12.7. The lowest BCUT2D eigenvalue weighted by Crippen LogP contribution is -2.37. The molecule has 0 aliphatic heterocycles. The number of carboxylic acids is 1. The molecule has 0 heterocycles. The molecule has 2 rings (SSSR count). The Morgan fingerprint density at radius 2 is 1.07 bits per heavy atom. The molecule has 0 aliphatic carbocycles. The van der Waals surface area contributed by atoms with Gasteiger partial charge in [-0.25, -0.2) is 0 Å². The van der Waals surface area contributed by atoms with Crippen LogP contribution in [0.3, 0.4) is 0 Å². The molecule has 0 atom stereocenters. The summed E-state index contributed by atoms with van der Waals surface area (Å²) < 4.78 is 0. The first-order chi connectivity index (χ1) is 14.0. The molecule has 2 aromatic rings. The van der Waals surface area contributed by atoms with Crippen LogP contribution in [-0.4, -0.2) is 37.3 Å². The van der Waals surface area contributed by atoms with E-state index in [1.165, 1.54) is 0 Å². The number of anilines is 2. The molecule has 4 nitrogen and oxygen atoms in total. The van der Waals surface area contributed by atoms with Crippen molar-refractivity contribution in [3.05, 3.63) is 59.7 Å². The lowest BCUT2D eigenvalue weighted by atomic mass is 9.71. The van der Waals surface area contributed by atoms with E-state index >= 15 is 0 Å². The van der Waals surface area contributed by atoms with E-state index in [0.717, 1.165) is 55.1 Å². The van der Waals surface area contributed by atoms with Crippen LogP contribution in [0.4, 0.5) is 11.4 Å². The third-order valence-corrected chi connectivity index (χ3v) is 5.97. The van der Waals surface area contributed by atoms with Crippen LogP contribution in [0.25, 0.3) is 0 Å². The van der Waals surface area contributed by atoms with E-state index in [1.54, 1.807) is 0 Å². The molecule has 158 valence electrons. The fourth-order valence-electron chi connectivity index (χ4n) is 4.28. The van der Waals surface area contributed by atoms with Gasteiger partial charge in [-0.1, -0.05) is 37.6 Å². The first-order valence-electron chi connectivity index (χ1n) is 10.9. The molecule has 0 amide bonds. The monoisotopic (exact) mass is 396 g/mol. The van der Waals surface area contributed by atoms with Gasteiger partial charge in [-0.05, 0) is 69.5 Å². The lowest BCUT2D eigenvalue weighted by molar-refractivity contribution is -0.142. The van der Waals surface area contributed by atoms with Gasteiger partial charge in [-0.3, -0.25) is 4.79 Å². The Bertz CT molecular complexity index is 705. The predicted octanol–water partition coefficient (Wildman–Crippen LogP) is 5.55. The van der Waals surface area contributed by atoms with Crippen LogP contribution >= 0.6 is 0 Å². The van der Waals surface area contributed by atoms with Gasteiger partial charge < -0.3 is 14.9 Å². The van der Waals surface area contributed by atoms with Crippen LogP contribution in [0.5, 0.6) is 0 Å². The molecule has 0 saturated heterocycles. The smallest absolute Gasteiger partial charge is 0.318 e. The quantitative estimate of drug-likeness (QED) is 0.541. The van der Waals surface area contributed by atoms with Gasteiger partial charge in [0.25, 0.3) is 0 Å². The summed E-state index contributed by atoms with van der Waals surface area (Å²) in [5.74, 6) is -0.787. The molecule has 0 aliphatic rings. The highest BCUT2D eigenvalue weighted by atomic mass is 16.4. The number of rotatable bonds is 11. The summed E-state index contributed by atoms with van der Waals surface area (Å²) in [4.78, 5) is 17.2. The highest BCUT2D eigenvalue weighted by molar-refractivity contribution is 5.86. The van der Waals surface area contributed by atoms with Crippen molar-refractivity contribution in [2.75, 3.05) is 36.0 Å². The summed E-state index contributed by atoms with van der Waals surface area (Å²) in [6.45, 7) is 14.3. The van der Waals surface area contributed by atoms with E-state index in [2.05, 4.69) is 61.8 Å². The van der Waals surface area contributed by atoms with E-state index in [9.17, 15) is 9.90 Å². The topological polar surface area (TPSA) is 43.8 Å². The van der Waals surface area contributed by atoms with Crippen LogP contribution in [0.15, 0.2) is 48.5 Å². The average Bonchev–Trinajstić information content (AvgIpc) is 2.75. The summed E-state index contributed by atoms with van der Waals surface area (Å²) in [5.41, 5.74) is 2.92. The van der Waals surface area contributed by atoms with Gasteiger partial charge in [0.2, 0.25) is 0 Å². The first-order valence-corrected chi connectivity index (χ1v) is 10.9. The van der Waals surface area contributed by atoms with Gasteiger partial charge in [0.15, 0.2) is 0 Å². The molecule has 0 fully saturated rings. The minimum Gasteiger partial charge on any atom is -0.480 e. The Hall–Kier alpha value is -2.49. The van der Waals surface area contributed by atoms with Crippen LogP contribution in [0, 0.1) is 0 Å². The number of carbonyl (C=O) groups is 1. The van der Waals surface area contributed by atoms with Crippen molar-refractivity contribution < 1.29 is 9.90 Å². The summed E-state index contributed by atoms with van der Waals surface area (Å²) in [7, 11) is 0. The minimum absolute atomic E-state index is 0.567. The van der Waals surface area contributed by atoms with Crippen molar-refractivity contribution in [3.63, 3.8) is 0 Å². The Morgan fingerprint density at radius 3 is 1.31 bits per heavy atom. The van der Waals surface area contributed by atoms with Gasteiger partial charge in [0.1, 0.15) is 5.41 Å². The second-order valence-corrected chi connectivity index (χ2v) is 7.40. The van der Waals surface area contributed by atoms with Gasteiger partial charge >= 0.3 is 5.97 Å². The van der Waals surface area contributed by atoms with E-state index in [-0.39, 0.29) is 0 Å². The van der Waals surface area contributed by atoms with Crippen molar-refractivity contribution >= 4 is 17.3 Å². The first kappa shape index (κ1) is 22.8. The van der Waals surface area contributed by atoms with Crippen LogP contribution in [0.1, 0.15) is 58.6 Å². The number of hydrogen-bond donors (Lipinski definition) is 1. The number of carboxylic acid groups (broad SMARTS) is 1. The molecule has 4 heteroatoms. The molecule has 0 aromatic heterocycles. The predicted molar refractivity (Wildman–Crippen MR) is 123 cm³/mol. The maximum Gasteiger partial charge on any atom is 0.318 e. The third-order valence-electron chi connectivity index (χ3n) is 5.97. The number of benzene rings is 2. The highest BCUT2D eigenvalue weighted by Gasteiger charge is 2.41. The van der Waals surface area contributed by atoms with E-state index in [0.29, 0.717) is 6.42 Å². The molecule has 0 saturated carbocycles. The maximum absolute atomic E-state index is 12.7. The lowest BCUT2D eigenvalue weighted by Gasteiger charge is -2.32. The van der Waals surface area contributed by atoms with Crippen molar-refractivity contribution in [2.24, 2.45) is 0 Å². The van der Waals surface area contributed by atoms with Crippen molar-refractivity contribution in [3.8, 4) is 0 Å². The third kappa shape index (κ3) is 4.58. The Morgan fingerprint density at radius 1 is 0.724 bits per heavy atom. The van der Waals surface area contributed by atoms with Crippen LogP contribution in [-0.2, 0) is 10.2 Å². The summed E-state index contributed by atoms with van der Waals surface area (Å²) in [5, 5.41) is 10.4. The summed E-state index contributed by atoms with van der Waals surface area (Å²) in [6, 6.07) is 16.2. The van der Waals surface area contributed by atoms with Gasteiger partial charge in [-0.2, -0.15) is 0 Å². The zero-order valence-electron chi connectivity index (χ0n) is 18.6. The Labute approximate surface area is 176 Å². The molecule has 0 unspecified atom stereocenters. The van der Waals surface area contributed by atoms with Crippen LogP contribution in [0.2, 0.25) is 0 Å². The average molecular weight is 397 g/mol. The molecular weight excluding hydrogens is 360 g/mol. The SMILES string of the molecule is CCCC(C(=O)O)(c1ccc(N(CC)CC)cc1)c1ccc(N(CC)CC)cc1. The second kappa shape index (κ2) is 10.3. The van der Waals surface area contributed by atoms with Gasteiger partial charge in [-0.15, -0.1) is 0 Å². The fraction of sp³-hybridized carbons (Fsp3) is 0.480. The molecule has 0 spiro atoms. The number of aliphatic carboxylic acids is 1. The van der Waals surface area contributed by atoms with Gasteiger partial charge in [0.05, 0.1) is 0 Å². The molecule has 0 bridgehead atoms. The standard InChI is InChI=1S/C25H36N2O2/c1-6-19-25(24(28)29,20-11-15-22(16-12-20)26(7-2)8-3)21-13-17-23(18-14-21)27(9-4)10-5/h11-18H,6-10,19H2,1-5H3,(H,28,29). The van der Waals surface area contributed by atoms with E-state index in [1.807, 2.05) is 31.2 Å². The molecular formula is C25H36N2O2. The minimum atomic E-state index is -1.03. The second-order valence-electron chi connectivity index (χ2n) is 7.40. The summed E-state index contributed by atoms with van der Waals surface area (Å²) in [6.07, 6.45) is 1.36. The molecule has 29 heavy (non-hydrogen) atoms. The van der Waals surface area contributed by atoms with Crippen molar-refractivity contribution in [2.45, 2.75) is 52.9 Å². The van der Waals surface area contributed by atoms with Crippen LogP contribution < -0.4 is 9.80 Å².